The van der Waals surface area contributed by atoms with E-state index in [-0.39, 0.29) is 12.3 Å². The number of aryl methyl sites for hydroxylation is 1. The number of phenols is 1. The molecule has 0 aliphatic rings. The van der Waals surface area contributed by atoms with Crippen molar-refractivity contribution in [2.24, 2.45) is 15.2 Å². The lowest BCUT2D eigenvalue weighted by atomic mass is 10.2. The Morgan fingerprint density at radius 3 is 2.68 bits per heavy atom. The topological polar surface area (TPSA) is 94.6 Å². The van der Waals surface area contributed by atoms with E-state index in [2.05, 4.69) is 15.2 Å². The minimum atomic E-state index is -1.04. The smallest absolute Gasteiger partial charge is 0.325 e. The van der Waals surface area contributed by atoms with Gasteiger partial charge in [-0.15, -0.1) is 0 Å². The molecule has 0 aliphatic heterocycles. The Morgan fingerprint density at radius 1 is 1.18 bits per heavy atom. The zero-order valence-electron chi connectivity index (χ0n) is 12.0. The van der Waals surface area contributed by atoms with Crippen LogP contribution in [0.2, 0.25) is 0 Å². The van der Waals surface area contributed by atoms with Gasteiger partial charge in [0, 0.05) is 11.8 Å². The van der Waals surface area contributed by atoms with Crippen LogP contribution in [-0.4, -0.2) is 28.9 Å². The van der Waals surface area contributed by atoms with Crippen molar-refractivity contribution in [2.45, 2.75) is 6.92 Å². The largest absolute Gasteiger partial charge is 0.507 e. The number of carbonyl (C=O) groups is 1. The Hall–Kier alpha value is -3.02. The Bertz CT molecular complexity index is 739. The van der Waals surface area contributed by atoms with Crippen LogP contribution in [0.4, 0.5) is 11.4 Å². The molecule has 2 N–H and O–H groups in total. The lowest BCUT2D eigenvalue weighted by Crippen LogP contribution is -1.99. The summed E-state index contributed by atoms with van der Waals surface area (Å²) in [4.78, 5) is 14.1. The van der Waals surface area contributed by atoms with E-state index in [1.54, 1.807) is 12.1 Å². The highest BCUT2D eigenvalue weighted by Crippen LogP contribution is 2.25. The van der Waals surface area contributed by atoms with E-state index < -0.39 is 5.97 Å². The number of phenolic OH excluding ortho intramolecular Hbond substituents is 1. The quantitative estimate of drug-likeness (QED) is 0.651. The van der Waals surface area contributed by atoms with Crippen molar-refractivity contribution >= 4 is 23.6 Å². The number of hydrogen-bond donors (Lipinski definition) is 2. The van der Waals surface area contributed by atoms with E-state index in [1.807, 2.05) is 31.2 Å². The van der Waals surface area contributed by atoms with Crippen LogP contribution in [0.1, 0.15) is 11.1 Å². The van der Waals surface area contributed by atoms with E-state index >= 15 is 0 Å². The fourth-order valence-electron chi connectivity index (χ4n) is 1.72. The number of nitrogens with zero attached hydrogens (tertiary/aromatic N) is 3. The van der Waals surface area contributed by atoms with Gasteiger partial charge < -0.3 is 10.2 Å². The van der Waals surface area contributed by atoms with E-state index in [4.69, 9.17) is 5.11 Å². The van der Waals surface area contributed by atoms with E-state index in [1.165, 1.54) is 12.3 Å². The number of aromatic hydroxyl groups is 1. The van der Waals surface area contributed by atoms with Crippen LogP contribution in [0.5, 0.6) is 5.75 Å². The first-order chi connectivity index (χ1) is 10.6. The van der Waals surface area contributed by atoms with Gasteiger partial charge in [-0.2, -0.15) is 10.2 Å². The zero-order valence-corrected chi connectivity index (χ0v) is 12.0. The summed E-state index contributed by atoms with van der Waals surface area (Å²) in [6.07, 6.45) is 1.30. The van der Waals surface area contributed by atoms with Gasteiger partial charge in [0.25, 0.3) is 0 Å². The predicted molar refractivity (Wildman–Crippen MR) is 83.6 cm³/mol. The monoisotopic (exact) mass is 297 g/mol. The van der Waals surface area contributed by atoms with Gasteiger partial charge in [-0.1, -0.05) is 18.2 Å². The van der Waals surface area contributed by atoms with Gasteiger partial charge in [-0.3, -0.25) is 9.79 Å². The molecule has 6 heteroatoms. The van der Waals surface area contributed by atoms with Crippen molar-refractivity contribution in [1.82, 2.24) is 0 Å². The molecule has 22 heavy (non-hydrogen) atoms. The molecular formula is C16H15N3O3. The van der Waals surface area contributed by atoms with Crippen molar-refractivity contribution in [3.63, 3.8) is 0 Å². The predicted octanol–water partition coefficient (Wildman–Crippen LogP) is 3.62. The number of carboxylic acid groups (broad SMARTS) is 1. The summed E-state index contributed by atoms with van der Waals surface area (Å²) in [5.74, 6) is -1.03. The molecule has 2 aromatic rings. The van der Waals surface area contributed by atoms with Gasteiger partial charge in [0.15, 0.2) is 0 Å². The summed E-state index contributed by atoms with van der Waals surface area (Å²) in [5, 5.41) is 26.5. The van der Waals surface area contributed by atoms with Gasteiger partial charge >= 0.3 is 5.97 Å². The van der Waals surface area contributed by atoms with Gasteiger partial charge in [-0.25, -0.2) is 0 Å². The third-order valence-corrected chi connectivity index (χ3v) is 2.86. The maximum absolute atomic E-state index is 10.4. The van der Waals surface area contributed by atoms with Crippen molar-refractivity contribution < 1.29 is 15.0 Å². The molecule has 0 aliphatic carbocycles. The molecule has 0 saturated carbocycles. The molecule has 0 bridgehead atoms. The van der Waals surface area contributed by atoms with Crippen LogP contribution in [0, 0.1) is 6.92 Å². The molecule has 0 fully saturated rings. The van der Waals surface area contributed by atoms with Crippen LogP contribution in [-0.2, 0) is 4.79 Å². The van der Waals surface area contributed by atoms with E-state index in [9.17, 15) is 9.90 Å². The molecule has 0 heterocycles. The minimum Gasteiger partial charge on any atom is -0.507 e. The average Bonchev–Trinajstić information content (AvgIpc) is 2.49. The Kier molecular flexibility index (Phi) is 4.98. The van der Waals surface area contributed by atoms with Crippen molar-refractivity contribution in [1.29, 1.82) is 0 Å². The molecular weight excluding hydrogens is 282 g/mol. The van der Waals surface area contributed by atoms with Crippen LogP contribution >= 0.6 is 0 Å². The summed E-state index contributed by atoms with van der Waals surface area (Å²) >= 11 is 0. The molecule has 0 aromatic heterocycles. The number of carboxylic acids is 1. The average molecular weight is 297 g/mol. The number of hydrogen-bond acceptors (Lipinski definition) is 5. The molecule has 2 aromatic carbocycles. The molecule has 112 valence electrons. The minimum absolute atomic E-state index is 0.00369. The third-order valence-electron chi connectivity index (χ3n) is 2.86. The first kappa shape index (κ1) is 15.4. The Labute approximate surface area is 127 Å². The second-order valence-electron chi connectivity index (χ2n) is 4.59. The molecule has 0 saturated heterocycles. The second kappa shape index (κ2) is 7.12. The Balaban J connectivity index is 2.20. The lowest BCUT2D eigenvalue weighted by molar-refractivity contribution is -0.135. The molecule has 0 radical (unpaired) electrons. The van der Waals surface area contributed by atoms with Crippen molar-refractivity contribution in [2.75, 3.05) is 6.54 Å². The maximum Gasteiger partial charge on any atom is 0.325 e. The van der Waals surface area contributed by atoms with Crippen LogP contribution in [0.15, 0.2) is 57.7 Å². The van der Waals surface area contributed by atoms with Crippen LogP contribution in [0.3, 0.4) is 0 Å². The first-order valence-electron chi connectivity index (χ1n) is 6.58. The Morgan fingerprint density at radius 2 is 1.95 bits per heavy atom. The van der Waals surface area contributed by atoms with Gasteiger partial charge in [0.1, 0.15) is 12.3 Å². The number of benzene rings is 2. The van der Waals surface area contributed by atoms with Gasteiger partial charge in [0.2, 0.25) is 0 Å². The summed E-state index contributed by atoms with van der Waals surface area (Å²) in [6.45, 7) is 1.59. The summed E-state index contributed by atoms with van der Waals surface area (Å²) in [6, 6.07) is 12.3. The zero-order chi connectivity index (χ0) is 15.9. The summed E-state index contributed by atoms with van der Waals surface area (Å²) in [5.41, 5.74) is 2.70. The van der Waals surface area contributed by atoms with Gasteiger partial charge in [0.05, 0.1) is 11.4 Å². The number of aliphatic imine (C=N–C) groups is 1. The SMILES string of the molecule is Cc1ccccc1N=Nc1ccc(O)c(C=NCC(=O)O)c1. The molecule has 0 spiro atoms. The van der Waals surface area contributed by atoms with E-state index in [0.29, 0.717) is 11.3 Å². The summed E-state index contributed by atoms with van der Waals surface area (Å²) in [7, 11) is 0. The second-order valence-corrected chi connectivity index (χ2v) is 4.59. The lowest BCUT2D eigenvalue weighted by Gasteiger charge is -2.00. The van der Waals surface area contributed by atoms with E-state index in [0.717, 1.165) is 11.3 Å². The number of rotatable bonds is 5. The van der Waals surface area contributed by atoms with Crippen molar-refractivity contribution in [3.8, 4) is 5.75 Å². The standard InChI is InChI=1S/C16H15N3O3/c1-11-4-2-3-5-14(11)19-18-13-6-7-15(20)12(8-13)9-17-10-16(21)22/h2-9,20H,10H2,1H3,(H,21,22). The fourth-order valence-corrected chi connectivity index (χ4v) is 1.72. The number of azo groups is 1. The van der Waals surface area contributed by atoms with Crippen LogP contribution in [0.25, 0.3) is 0 Å². The fraction of sp³-hybridized carbons (Fsp3) is 0.125. The van der Waals surface area contributed by atoms with Gasteiger partial charge in [-0.05, 0) is 36.8 Å². The highest BCUT2D eigenvalue weighted by Gasteiger charge is 2.01. The first-order valence-corrected chi connectivity index (χ1v) is 6.58. The third kappa shape index (κ3) is 4.24. The number of aliphatic carboxylic acids is 1. The summed E-state index contributed by atoms with van der Waals surface area (Å²) < 4.78 is 0. The van der Waals surface area contributed by atoms with Crippen LogP contribution < -0.4 is 0 Å². The molecule has 0 amide bonds. The molecule has 2 rings (SSSR count). The highest BCUT2D eigenvalue weighted by atomic mass is 16.4. The highest BCUT2D eigenvalue weighted by molar-refractivity contribution is 5.86. The normalized spacial score (nSPS) is 11.3. The molecule has 6 nitrogen and oxygen atoms in total. The molecule has 0 unspecified atom stereocenters. The molecule has 0 atom stereocenters. The maximum atomic E-state index is 10.4. The van der Waals surface area contributed by atoms with Crippen molar-refractivity contribution in [3.05, 3.63) is 53.6 Å².